The maximum atomic E-state index is 12.8. The summed E-state index contributed by atoms with van der Waals surface area (Å²) >= 11 is 3.34. The molecule has 0 saturated heterocycles. The van der Waals surface area contributed by atoms with Crippen molar-refractivity contribution in [1.29, 1.82) is 0 Å². The first-order chi connectivity index (χ1) is 10.5. The number of fused-ring (bicyclic) bond motifs is 1. The third-order valence-electron chi connectivity index (χ3n) is 3.08. The molecule has 4 heteroatoms. The molecule has 0 fully saturated rings. The molecule has 1 aliphatic heterocycles. The van der Waals surface area contributed by atoms with E-state index in [-0.39, 0.29) is 19.1 Å². The van der Waals surface area contributed by atoms with E-state index in [4.69, 9.17) is 7.48 Å². The SMILES string of the molecule is [2H]C1([2H])COc2ccc(Br)cc2C(=O)N1Cc1ccccc1. The zero-order valence-corrected chi connectivity index (χ0v) is 12.3. The van der Waals surface area contributed by atoms with E-state index in [0.29, 0.717) is 11.3 Å². The van der Waals surface area contributed by atoms with Crippen LogP contribution in [-0.2, 0) is 6.54 Å². The second kappa shape index (κ2) is 5.67. The van der Waals surface area contributed by atoms with Crippen molar-refractivity contribution >= 4 is 21.8 Å². The van der Waals surface area contributed by atoms with Gasteiger partial charge in [-0.05, 0) is 23.8 Å². The van der Waals surface area contributed by atoms with Crippen LogP contribution in [0.15, 0.2) is 53.0 Å². The third kappa shape index (κ3) is 2.70. The number of hydrogen-bond donors (Lipinski definition) is 0. The van der Waals surface area contributed by atoms with Crippen molar-refractivity contribution in [2.75, 3.05) is 13.1 Å². The van der Waals surface area contributed by atoms with Gasteiger partial charge in [0.15, 0.2) is 0 Å². The van der Waals surface area contributed by atoms with Gasteiger partial charge in [-0.15, -0.1) is 0 Å². The van der Waals surface area contributed by atoms with Crippen LogP contribution >= 0.6 is 15.9 Å². The standard InChI is InChI=1S/C16H14BrNO2/c17-13-6-7-15-14(10-13)16(19)18(8-9-20-15)11-12-4-2-1-3-5-12/h1-7,10H,8-9,11H2/i8D2. The van der Waals surface area contributed by atoms with Crippen LogP contribution < -0.4 is 4.74 Å². The quantitative estimate of drug-likeness (QED) is 0.841. The van der Waals surface area contributed by atoms with Crippen LogP contribution in [0.5, 0.6) is 5.75 Å². The van der Waals surface area contributed by atoms with E-state index >= 15 is 0 Å². The highest BCUT2D eigenvalue weighted by atomic mass is 79.9. The summed E-state index contributed by atoms with van der Waals surface area (Å²) in [5.74, 6) is 0.0373. The van der Waals surface area contributed by atoms with Gasteiger partial charge in [0.1, 0.15) is 12.4 Å². The Morgan fingerprint density at radius 3 is 2.85 bits per heavy atom. The Hall–Kier alpha value is -1.81. The van der Waals surface area contributed by atoms with Gasteiger partial charge < -0.3 is 9.64 Å². The zero-order valence-electron chi connectivity index (χ0n) is 12.7. The lowest BCUT2D eigenvalue weighted by Crippen LogP contribution is -2.31. The lowest BCUT2D eigenvalue weighted by Gasteiger charge is -2.20. The smallest absolute Gasteiger partial charge is 0.258 e. The van der Waals surface area contributed by atoms with Gasteiger partial charge in [-0.2, -0.15) is 0 Å². The summed E-state index contributed by atoms with van der Waals surface area (Å²) in [5.41, 5.74) is 1.24. The zero-order chi connectivity index (χ0) is 15.7. The van der Waals surface area contributed by atoms with E-state index in [1.54, 1.807) is 18.2 Å². The maximum Gasteiger partial charge on any atom is 0.258 e. The van der Waals surface area contributed by atoms with Crippen LogP contribution in [-0.4, -0.2) is 23.9 Å². The summed E-state index contributed by atoms with van der Waals surface area (Å²) in [4.78, 5) is 14.0. The van der Waals surface area contributed by atoms with Crippen molar-refractivity contribution in [1.82, 2.24) is 4.90 Å². The average Bonchev–Trinajstić information content (AvgIpc) is 2.59. The van der Waals surface area contributed by atoms with Crippen LogP contribution in [0.25, 0.3) is 0 Å². The highest BCUT2D eigenvalue weighted by molar-refractivity contribution is 9.10. The van der Waals surface area contributed by atoms with E-state index in [9.17, 15) is 4.79 Å². The summed E-state index contributed by atoms with van der Waals surface area (Å²) in [6.45, 7) is -1.87. The molecule has 0 bridgehead atoms. The van der Waals surface area contributed by atoms with Gasteiger partial charge >= 0.3 is 0 Å². The van der Waals surface area contributed by atoms with Gasteiger partial charge in [-0.3, -0.25) is 4.79 Å². The van der Waals surface area contributed by atoms with E-state index in [1.165, 1.54) is 4.90 Å². The maximum absolute atomic E-state index is 12.8. The van der Waals surface area contributed by atoms with E-state index in [0.717, 1.165) is 10.0 Å². The van der Waals surface area contributed by atoms with Gasteiger partial charge in [0.25, 0.3) is 5.91 Å². The van der Waals surface area contributed by atoms with Crippen LogP contribution in [0, 0.1) is 0 Å². The molecule has 0 aromatic heterocycles. The number of amides is 1. The normalized spacial score (nSPS) is 18.4. The molecule has 1 aliphatic rings. The molecule has 0 N–H and O–H groups in total. The third-order valence-corrected chi connectivity index (χ3v) is 3.58. The Kier molecular flexibility index (Phi) is 3.09. The predicted octanol–water partition coefficient (Wildman–Crippen LogP) is 3.48. The molecule has 0 saturated carbocycles. The Labute approximate surface area is 129 Å². The number of hydrogen-bond acceptors (Lipinski definition) is 2. The van der Waals surface area contributed by atoms with Gasteiger partial charge in [0.2, 0.25) is 0 Å². The minimum absolute atomic E-state index is 0.194. The Bertz CT molecular complexity index is 707. The molecule has 0 unspecified atom stereocenters. The highest BCUT2D eigenvalue weighted by Crippen LogP contribution is 2.27. The number of nitrogens with zero attached hydrogens (tertiary/aromatic N) is 1. The van der Waals surface area contributed by atoms with Crippen LogP contribution in [0.1, 0.15) is 18.7 Å². The molecule has 1 amide bonds. The summed E-state index contributed by atoms with van der Waals surface area (Å²) in [6.07, 6.45) is 0. The Morgan fingerprint density at radius 2 is 2.05 bits per heavy atom. The summed E-state index contributed by atoms with van der Waals surface area (Å²) in [6, 6.07) is 14.5. The fourth-order valence-corrected chi connectivity index (χ4v) is 2.46. The Morgan fingerprint density at radius 1 is 1.25 bits per heavy atom. The van der Waals surface area contributed by atoms with Gasteiger partial charge in [0.05, 0.1) is 14.8 Å². The monoisotopic (exact) mass is 333 g/mol. The number of ether oxygens (including phenoxy) is 1. The minimum atomic E-state index is -1.88. The molecule has 0 spiro atoms. The van der Waals surface area contributed by atoms with Gasteiger partial charge in [0, 0.05) is 11.0 Å². The van der Waals surface area contributed by atoms with Gasteiger partial charge in [-0.25, -0.2) is 0 Å². The van der Waals surface area contributed by atoms with Crippen LogP contribution in [0.4, 0.5) is 0 Å². The largest absolute Gasteiger partial charge is 0.491 e. The van der Waals surface area contributed by atoms with Gasteiger partial charge in [-0.1, -0.05) is 46.3 Å². The lowest BCUT2D eigenvalue weighted by molar-refractivity contribution is 0.0743. The van der Waals surface area contributed by atoms with Crippen LogP contribution in [0.2, 0.25) is 0 Å². The van der Waals surface area contributed by atoms with Crippen molar-refractivity contribution in [3.63, 3.8) is 0 Å². The number of rotatable bonds is 2. The van der Waals surface area contributed by atoms with Crippen molar-refractivity contribution in [2.45, 2.75) is 6.54 Å². The lowest BCUT2D eigenvalue weighted by atomic mass is 10.1. The molecule has 20 heavy (non-hydrogen) atoms. The van der Waals surface area contributed by atoms with E-state index < -0.39 is 6.50 Å². The topological polar surface area (TPSA) is 29.5 Å². The van der Waals surface area contributed by atoms with Crippen molar-refractivity contribution in [3.05, 3.63) is 64.1 Å². The first kappa shape index (κ1) is 10.9. The summed E-state index contributed by atoms with van der Waals surface area (Å²) in [5, 5.41) is 0. The molecule has 2 aromatic carbocycles. The summed E-state index contributed by atoms with van der Waals surface area (Å²) in [7, 11) is 0. The molecule has 102 valence electrons. The predicted molar refractivity (Wildman–Crippen MR) is 80.8 cm³/mol. The fourth-order valence-electron chi connectivity index (χ4n) is 2.09. The fraction of sp³-hybridized carbons (Fsp3) is 0.188. The highest BCUT2D eigenvalue weighted by Gasteiger charge is 2.23. The second-order valence-electron chi connectivity index (χ2n) is 4.46. The first-order valence-corrected chi connectivity index (χ1v) is 7.05. The molecular formula is C16H14BrNO2. The van der Waals surface area contributed by atoms with E-state index in [2.05, 4.69) is 15.9 Å². The molecule has 0 radical (unpaired) electrons. The van der Waals surface area contributed by atoms with Crippen molar-refractivity contribution < 1.29 is 12.3 Å². The Balaban J connectivity index is 2.00. The van der Waals surface area contributed by atoms with Crippen LogP contribution in [0.3, 0.4) is 0 Å². The molecule has 1 heterocycles. The molecule has 3 nitrogen and oxygen atoms in total. The number of carbonyl (C=O) groups is 1. The first-order valence-electron chi connectivity index (χ1n) is 7.26. The van der Waals surface area contributed by atoms with Crippen molar-refractivity contribution in [3.8, 4) is 5.75 Å². The number of carbonyl (C=O) groups excluding carboxylic acids is 1. The average molecular weight is 334 g/mol. The molecule has 3 rings (SSSR count). The summed E-state index contributed by atoms with van der Waals surface area (Å²) < 4.78 is 22.6. The minimum Gasteiger partial charge on any atom is -0.491 e. The second-order valence-corrected chi connectivity index (χ2v) is 5.38. The molecule has 0 atom stereocenters. The van der Waals surface area contributed by atoms with E-state index in [1.807, 2.05) is 30.3 Å². The number of halogens is 1. The molecular weight excluding hydrogens is 318 g/mol. The number of benzene rings is 2. The molecule has 0 aliphatic carbocycles. The van der Waals surface area contributed by atoms with Crippen molar-refractivity contribution in [2.24, 2.45) is 0 Å². The molecule has 2 aromatic rings.